The number of ketones is 1. The number of hydrogen-bond donors (Lipinski definition) is 0. The van der Waals surface area contributed by atoms with Crippen LogP contribution < -0.4 is 0 Å². The van der Waals surface area contributed by atoms with Crippen LogP contribution in [-0.2, 0) is 0 Å². The molecule has 1 aliphatic rings. The molecular formula is C27H49OP2+. The summed E-state index contributed by atoms with van der Waals surface area (Å²) in [6.45, 7) is 37.3. The first kappa shape index (κ1) is 27.8. The molecule has 0 aromatic heterocycles. The first-order chi connectivity index (χ1) is 13.1. The minimum atomic E-state index is -0.297. The van der Waals surface area contributed by atoms with Crippen molar-refractivity contribution in [2.75, 3.05) is 12.3 Å². The van der Waals surface area contributed by atoms with Crippen molar-refractivity contribution >= 4 is 21.6 Å². The van der Waals surface area contributed by atoms with Gasteiger partial charge in [-0.25, -0.2) is 0 Å². The van der Waals surface area contributed by atoms with Crippen LogP contribution in [0.5, 0.6) is 0 Å². The van der Waals surface area contributed by atoms with Gasteiger partial charge in [0.1, 0.15) is 0 Å². The lowest BCUT2D eigenvalue weighted by atomic mass is 9.84. The van der Waals surface area contributed by atoms with Gasteiger partial charge in [0, 0.05) is 0 Å². The fourth-order valence-electron chi connectivity index (χ4n) is 4.91. The second kappa shape index (κ2) is 8.94. The third kappa shape index (κ3) is 6.39. The second-order valence-electron chi connectivity index (χ2n) is 12.9. The summed E-state index contributed by atoms with van der Waals surface area (Å²) in [5.41, 5.74) is 5.85. The summed E-state index contributed by atoms with van der Waals surface area (Å²) >= 11 is 0. The van der Waals surface area contributed by atoms with Gasteiger partial charge >= 0.3 is 5.78 Å². The van der Waals surface area contributed by atoms with Crippen LogP contribution in [0.4, 0.5) is 0 Å². The molecular weight excluding hydrogens is 402 g/mol. The number of rotatable bonds is 4. The van der Waals surface area contributed by atoms with Crippen LogP contribution in [0.25, 0.3) is 0 Å². The van der Waals surface area contributed by atoms with Gasteiger partial charge in [-0.3, -0.25) is 4.79 Å². The molecule has 0 radical (unpaired) electrons. The van der Waals surface area contributed by atoms with E-state index in [9.17, 15) is 4.79 Å². The number of allylic oxidation sites excluding steroid dienone is 5. The van der Waals surface area contributed by atoms with Crippen LogP contribution in [0.3, 0.4) is 0 Å². The van der Waals surface area contributed by atoms with Gasteiger partial charge in [0.15, 0.2) is 0 Å². The van der Waals surface area contributed by atoms with Gasteiger partial charge in [-0.15, -0.1) is 0 Å². The van der Waals surface area contributed by atoms with Crippen LogP contribution in [0.15, 0.2) is 34.4 Å². The van der Waals surface area contributed by atoms with Crippen molar-refractivity contribution in [1.29, 1.82) is 0 Å². The fourth-order valence-corrected chi connectivity index (χ4v) is 12.3. The molecule has 0 atom stereocenters. The molecule has 1 N–H and O–H groups in total. The Morgan fingerprint density at radius 3 is 1.03 bits per heavy atom. The first-order valence-corrected chi connectivity index (χ1v) is 14.4. The monoisotopic (exact) mass is 451 g/mol. The molecule has 30 heavy (non-hydrogen) atoms. The SMILES string of the molecule is C=C1C(CP(C(C)(C)C)C(C)(C)C)=C(C)C(=[OH+])C(C)=C1CP(C(C)(C)C)C(C)(C)C. The average molecular weight is 452 g/mol. The zero-order valence-electron chi connectivity index (χ0n) is 22.5. The van der Waals surface area contributed by atoms with Crippen molar-refractivity contribution in [3.8, 4) is 0 Å². The van der Waals surface area contributed by atoms with Crippen LogP contribution in [0.1, 0.15) is 96.9 Å². The molecule has 172 valence electrons. The topological polar surface area (TPSA) is 21.4 Å². The highest BCUT2D eigenvalue weighted by Crippen LogP contribution is 2.63. The molecule has 0 fully saturated rings. The molecule has 1 rings (SSSR count). The molecule has 0 bridgehead atoms. The molecule has 0 aromatic rings. The third-order valence-electron chi connectivity index (χ3n) is 6.22. The quantitative estimate of drug-likeness (QED) is 0.301. The molecule has 3 heteroatoms. The van der Waals surface area contributed by atoms with Gasteiger partial charge in [0.2, 0.25) is 0 Å². The van der Waals surface area contributed by atoms with Gasteiger partial charge < -0.3 is 0 Å². The lowest BCUT2D eigenvalue weighted by Crippen LogP contribution is -2.30. The minimum Gasteiger partial charge on any atom is -0.273 e. The number of hydrogen-bond acceptors (Lipinski definition) is 0. The molecule has 1 nitrogen and oxygen atoms in total. The Hall–Kier alpha value is -0.250. The summed E-state index contributed by atoms with van der Waals surface area (Å²) in [6, 6.07) is 0. The maximum atomic E-state index is 11.1. The van der Waals surface area contributed by atoms with E-state index in [0.717, 1.165) is 23.5 Å². The third-order valence-corrected chi connectivity index (χ3v) is 14.0. The lowest BCUT2D eigenvalue weighted by Gasteiger charge is -2.44. The molecule has 0 spiro atoms. The first-order valence-electron chi connectivity index (χ1n) is 11.3. The van der Waals surface area contributed by atoms with E-state index in [4.69, 9.17) is 0 Å². The summed E-state index contributed by atoms with van der Waals surface area (Å²) in [5.74, 6) is 0.489. The van der Waals surface area contributed by atoms with E-state index in [1.807, 2.05) is 0 Å². The largest absolute Gasteiger partial charge is 0.346 e. The van der Waals surface area contributed by atoms with E-state index in [1.54, 1.807) is 0 Å². The highest BCUT2D eigenvalue weighted by molar-refractivity contribution is 7.61. The van der Waals surface area contributed by atoms with E-state index >= 15 is 0 Å². The van der Waals surface area contributed by atoms with E-state index in [-0.39, 0.29) is 36.5 Å². The standard InChI is InChI=1S/C27H48OP2/c1-18-21(16-29(24(4,5)6)25(7,8)9)19(2)23(28)20(3)22(18)17-30(26(10,11)12)27(13,14)15/h1,16-17H2,2-15H3/p+1. The Bertz CT molecular complexity index is 663. The van der Waals surface area contributed by atoms with E-state index in [1.165, 1.54) is 16.7 Å². The van der Waals surface area contributed by atoms with Crippen molar-refractivity contribution in [1.82, 2.24) is 0 Å². The summed E-state index contributed by atoms with van der Waals surface area (Å²) in [5, 5.41) is 0.986. The van der Waals surface area contributed by atoms with Crippen LogP contribution >= 0.6 is 15.8 Å². The number of carbonyl (C=O) groups excluding carboxylic acids is 1. The van der Waals surface area contributed by atoms with Crippen LogP contribution in [0, 0.1) is 0 Å². The van der Waals surface area contributed by atoms with Crippen LogP contribution in [0.2, 0.25) is 0 Å². The Labute approximate surface area is 190 Å². The zero-order chi connectivity index (χ0) is 24.0. The second-order valence-corrected chi connectivity index (χ2v) is 20.6. The Morgan fingerprint density at radius 1 is 0.600 bits per heavy atom. The minimum absolute atomic E-state index is 0.247. The van der Waals surface area contributed by atoms with Gasteiger partial charge in [0.05, 0.1) is 11.1 Å². The van der Waals surface area contributed by atoms with Crippen molar-refractivity contribution in [3.63, 3.8) is 0 Å². The van der Waals surface area contributed by atoms with E-state index < -0.39 is 0 Å². The predicted octanol–water partition coefficient (Wildman–Crippen LogP) is 8.89. The summed E-state index contributed by atoms with van der Waals surface area (Å²) < 4.78 is 0. The van der Waals surface area contributed by atoms with Gasteiger partial charge in [-0.1, -0.05) is 106 Å². The predicted molar refractivity (Wildman–Crippen MR) is 144 cm³/mol. The highest BCUT2D eigenvalue weighted by Gasteiger charge is 2.41. The molecule has 0 aliphatic heterocycles. The molecule has 0 aromatic carbocycles. The van der Waals surface area contributed by atoms with Crippen molar-refractivity contribution in [2.45, 2.75) is 118 Å². The molecule has 0 saturated carbocycles. The van der Waals surface area contributed by atoms with Crippen LogP contribution in [-0.4, -0.2) is 43.5 Å². The fraction of sp³-hybridized carbons (Fsp3) is 0.741. The normalized spacial score (nSPS) is 17.7. The lowest BCUT2D eigenvalue weighted by molar-refractivity contribution is 0.672. The smallest absolute Gasteiger partial charge is 0.273 e. The van der Waals surface area contributed by atoms with Crippen molar-refractivity contribution < 1.29 is 4.79 Å². The Morgan fingerprint density at radius 2 is 0.833 bits per heavy atom. The zero-order valence-corrected chi connectivity index (χ0v) is 24.3. The van der Waals surface area contributed by atoms with Gasteiger partial charge in [0.25, 0.3) is 0 Å². The van der Waals surface area contributed by atoms with E-state index in [0.29, 0.717) is 5.78 Å². The maximum Gasteiger partial charge on any atom is 0.346 e. The average Bonchev–Trinajstić information content (AvgIpc) is 2.47. The molecule has 0 amide bonds. The van der Waals surface area contributed by atoms with Gasteiger partial charge in [-0.05, 0) is 63.5 Å². The van der Waals surface area contributed by atoms with E-state index in [2.05, 4.69) is 104 Å². The molecule has 0 saturated heterocycles. The summed E-state index contributed by atoms with van der Waals surface area (Å²) in [4.78, 5) is 11.1. The Kier molecular flexibility index (Phi) is 8.28. The summed E-state index contributed by atoms with van der Waals surface area (Å²) in [7, 11) is -0.594. The Balaban J connectivity index is 3.46. The highest BCUT2D eigenvalue weighted by atomic mass is 31.1. The molecule has 0 unspecified atom stereocenters. The molecule has 1 aliphatic carbocycles. The summed E-state index contributed by atoms with van der Waals surface area (Å²) in [6.07, 6.45) is 2.05. The van der Waals surface area contributed by atoms with Gasteiger partial charge in [-0.2, -0.15) is 0 Å². The molecule has 0 heterocycles. The van der Waals surface area contributed by atoms with Crippen molar-refractivity contribution in [2.24, 2.45) is 0 Å². The van der Waals surface area contributed by atoms with Crippen molar-refractivity contribution in [3.05, 3.63) is 34.4 Å². The maximum absolute atomic E-state index is 11.1.